The van der Waals surface area contributed by atoms with Crippen LogP contribution < -0.4 is 5.73 Å². The Kier molecular flexibility index (Phi) is 4.07. The zero-order valence-corrected chi connectivity index (χ0v) is 11.3. The molecule has 0 aromatic rings. The summed E-state index contributed by atoms with van der Waals surface area (Å²) in [7, 11) is -3.25. The smallest absolute Gasteiger partial charge is 0.282 e. The van der Waals surface area contributed by atoms with E-state index in [-0.39, 0.29) is 6.04 Å². The van der Waals surface area contributed by atoms with E-state index in [1.54, 1.807) is 8.61 Å². The summed E-state index contributed by atoms with van der Waals surface area (Å²) in [6, 6.07) is 0.00207. The molecule has 0 aromatic heterocycles. The van der Waals surface area contributed by atoms with E-state index in [0.29, 0.717) is 32.1 Å². The second-order valence-electron chi connectivity index (χ2n) is 5.35. The van der Waals surface area contributed by atoms with Crippen LogP contribution in [0, 0.1) is 5.92 Å². The first kappa shape index (κ1) is 13.3. The second kappa shape index (κ2) is 5.22. The summed E-state index contributed by atoms with van der Waals surface area (Å²) in [4.78, 5) is 0. The lowest BCUT2D eigenvalue weighted by atomic mass is 10.0. The van der Waals surface area contributed by atoms with Gasteiger partial charge in [0.2, 0.25) is 0 Å². The zero-order valence-electron chi connectivity index (χ0n) is 10.5. The van der Waals surface area contributed by atoms with Gasteiger partial charge in [-0.15, -0.1) is 0 Å². The molecule has 2 aliphatic heterocycles. The lowest BCUT2D eigenvalue weighted by molar-refractivity contribution is 0.246. The highest BCUT2D eigenvalue weighted by Crippen LogP contribution is 2.22. The van der Waals surface area contributed by atoms with E-state index in [1.807, 2.05) is 0 Å². The summed E-state index contributed by atoms with van der Waals surface area (Å²) in [5, 5.41) is 0. The van der Waals surface area contributed by atoms with E-state index in [4.69, 9.17) is 5.73 Å². The molecule has 5 nitrogen and oxygen atoms in total. The first-order valence-corrected chi connectivity index (χ1v) is 7.90. The Balaban J connectivity index is 2.02. The third kappa shape index (κ3) is 2.99. The lowest BCUT2D eigenvalue weighted by Crippen LogP contribution is -2.52. The third-order valence-electron chi connectivity index (χ3n) is 3.82. The molecule has 2 rings (SSSR count). The highest BCUT2D eigenvalue weighted by atomic mass is 32.2. The molecule has 2 saturated heterocycles. The molecule has 0 amide bonds. The van der Waals surface area contributed by atoms with Crippen LogP contribution in [0.3, 0.4) is 0 Å². The second-order valence-corrected chi connectivity index (χ2v) is 7.28. The lowest BCUT2D eigenvalue weighted by Gasteiger charge is -2.36. The van der Waals surface area contributed by atoms with Crippen molar-refractivity contribution in [3.05, 3.63) is 0 Å². The molecule has 100 valence electrons. The summed E-state index contributed by atoms with van der Waals surface area (Å²) in [5.74, 6) is 0.644. The average molecular weight is 261 g/mol. The van der Waals surface area contributed by atoms with Crippen LogP contribution in [-0.4, -0.2) is 49.2 Å². The van der Waals surface area contributed by atoms with Crippen LogP contribution in [0.4, 0.5) is 0 Å². The van der Waals surface area contributed by atoms with Crippen molar-refractivity contribution >= 4 is 10.2 Å². The molecule has 1 atom stereocenters. The highest BCUT2D eigenvalue weighted by molar-refractivity contribution is 7.86. The van der Waals surface area contributed by atoms with Gasteiger partial charge in [0.25, 0.3) is 10.2 Å². The minimum absolute atomic E-state index is 0.00207. The molecular formula is C11H23N3O2S. The third-order valence-corrected chi connectivity index (χ3v) is 5.82. The first-order valence-electron chi connectivity index (χ1n) is 6.51. The van der Waals surface area contributed by atoms with E-state index in [2.05, 4.69) is 6.92 Å². The van der Waals surface area contributed by atoms with Gasteiger partial charge in [-0.25, -0.2) is 0 Å². The molecule has 2 aliphatic rings. The Labute approximate surface area is 104 Å². The highest BCUT2D eigenvalue weighted by Gasteiger charge is 2.34. The SMILES string of the molecule is CC1CCN(S(=O)(=O)N2CCC[C@@H](N)C2)CC1. The standard InChI is InChI=1S/C11H23N3O2S/c1-10-4-7-13(8-5-10)17(15,16)14-6-2-3-11(12)9-14/h10-11H,2-9,12H2,1H3/t11-/m1/s1. The molecule has 0 aromatic carbocycles. The number of hydrogen-bond acceptors (Lipinski definition) is 3. The minimum Gasteiger partial charge on any atom is -0.327 e. The van der Waals surface area contributed by atoms with Crippen molar-refractivity contribution in [2.24, 2.45) is 11.7 Å². The van der Waals surface area contributed by atoms with E-state index < -0.39 is 10.2 Å². The van der Waals surface area contributed by atoms with Crippen LogP contribution in [0.25, 0.3) is 0 Å². The summed E-state index contributed by atoms with van der Waals surface area (Å²) in [5.41, 5.74) is 5.85. The fourth-order valence-corrected chi connectivity index (χ4v) is 4.30. The van der Waals surface area contributed by atoms with Crippen molar-refractivity contribution in [2.75, 3.05) is 26.2 Å². The molecule has 6 heteroatoms. The number of nitrogens with zero attached hydrogens (tertiary/aromatic N) is 2. The van der Waals surface area contributed by atoms with Gasteiger partial charge in [-0.3, -0.25) is 0 Å². The summed E-state index contributed by atoms with van der Waals surface area (Å²) >= 11 is 0. The molecule has 0 aliphatic carbocycles. The maximum Gasteiger partial charge on any atom is 0.282 e. The number of piperidine rings is 2. The molecule has 0 bridgehead atoms. The van der Waals surface area contributed by atoms with Gasteiger partial charge >= 0.3 is 0 Å². The number of hydrogen-bond donors (Lipinski definition) is 1. The monoisotopic (exact) mass is 261 g/mol. The Morgan fingerprint density at radius 1 is 1.06 bits per heavy atom. The summed E-state index contributed by atoms with van der Waals surface area (Å²) in [6.45, 7) is 4.61. The van der Waals surface area contributed by atoms with E-state index in [0.717, 1.165) is 25.7 Å². The minimum atomic E-state index is -3.25. The zero-order chi connectivity index (χ0) is 12.5. The first-order chi connectivity index (χ1) is 8.00. The van der Waals surface area contributed by atoms with Gasteiger partial charge in [0.15, 0.2) is 0 Å². The van der Waals surface area contributed by atoms with Crippen molar-refractivity contribution < 1.29 is 8.42 Å². The molecule has 2 N–H and O–H groups in total. The van der Waals surface area contributed by atoms with Gasteiger partial charge < -0.3 is 5.73 Å². The van der Waals surface area contributed by atoms with Crippen molar-refractivity contribution in [2.45, 2.75) is 38.6 Å². The van der Waals surface area contributed by atoms with Crippen molar-refractivity contribution in [1.82, 2.24) is 8.61 Å². The Hall–Kier alpha value is -0.170. The largest absolute Gasteiger partial charge is 0.327 e. The maximum atomic E-state index is 12.4. The van der Waals surface area contributed by atoms with Crippen LogP contribution in [0.15, 0.2) is 0 Å². The molecule has 2 heterocycles. The van der Waals surface area contributed by atoms with Crippen LogP contribution in [0.2, 0.25) is 0 Å². The molecule has 0 radical (unpaired) electrons. The maximum absolute atomic E-state index is 12.4. The van der Waals surface area contributed by atoms with Crippen LogP contribution in [-0.2, 0) is 10.2 Å². The van der Waals surface area contributed by atoms with Gasteiger partial charge in [-0.1, -0.05) is 6.92 Å². The van der Waals surface area contributed by atoms with E-state index in [1.165, 1.54) is 0 Å². The average Bonchev–Trinajstić information content (AvgIpc) is 2.29. The molecule has 2 fully saturated rings. The molecule has 0 spiro atoms. The fraction of sp³-hybridized carbons (Fsp3) is 1.00. The van der Waals surface area contributed by atoms with Crippen LogP contribution >= 0.6 is 0 Å². The number of nitrogens with two attached hydrogens (primary N) is 1. The van der Waals surface area contributed by atoms with E-state index >= 15 is 0 Å². The number of rotatable bonds is 2. The van der Waals surface area contributed by atoms with E-state index in [9.17, 15) is 8.42 Å². The van der Waals surface area contributed by atoms with Crippen molar-refractivity contribution in [1.29, 1.82) is 0 Å². The van der Waals surface area contributed by atoms with Gasteiger partial charge in [0, 0.05) is 32.2 Å². The van der Waals surface area contributed by atoms with Crippen LogP contribution in [0.1, 0.15) is 32.6 Å². The predicted molar refractivity (Wildman–Crippen MR) is 67.7 cm³/mol. The van der Waals surface area contributed by atoms with Crippen LogP contribution in [0.5, 0.6) is 0 Å². The Bertz CT molecular complexity index is 350. The van der Waals surface area contributed by atoms with Crippen molar-refractivity contribution in [3.63, 3.8) is 0 Å². The molecule has 0 unspecified atom stereocenters. The molecule has 17 heavy (non-hydrogen) atoms. The normalized spacial score (nSPS) is 30.6. The quantitative estimate of drug-likeness (QED) is 0.782. The summed E-state index contributed by atoms with van der Waals surface area (Å²) in [6.07, 6.45) is 3.76. The summed E-state index contributed by atoms with van der Waals surface area (Å²) < 4.78 is 28.0. The van der Waals surface area contributed by atoms with Crippen molar-refractivity contribution in [3.8, 4) is 0 Å². The predicted octanol–water partition coefficient (Wildman–Crippen LogP) is 0.386. The van der Waals surface area contributed by atoms with Gasteiger partial charge in [-0.2, -0.15) is 17.0 Å². The fourth-order valence-electron chi connectivity index (χ4n) is 2.56. The van der Waals surface area contributed by atoms with Gasteiger partial charge in [0.1, 0.15) is 0 Å². The molecular weight excluding hydrogens is 238 g/mol. The van der Waals surface area contributed by atoms with Gasteiger partial charge in [0.05, 0.1) is 0 Å². The molecule has 0 saturated carbocycles. The Morgan fingerprint density at radius 3 is 2.29 bits per heavy atom. The van der Waals surface area contributed by atoms with Gasteiger partial charge in [-0.05, 0) is 31.6 Å². The topological polar surface area (TPSA) is 66.6 Å². The Morgan fingerprint density at radius 2 is 1.71 bits per heavy atom.